The quantitative estimate of drug-likeness (QED) is 0.420. The average Bonchev–Trinajstić information content (AvgIpc) is 2.52. The lowest BCUT2D eigenvalue weighted by Crippen LogP contribution is -2.35. The summed E-state index contributed by atoms with van der Waals surface area (Å²) < 4.78 is 11.0. The monoisotopic (exact) mass is 308 g/mol. The third-order valence-corrected chi connectivity index (χ3v) is 3.98. The van der Waals surface area contributed by atoms with Gasteiger partial charge in [-0.25, -0.2) is 0 Å². The van der Waals surface area contributed by atoms with Gasteiger partial charge in [0, 0.05) is 12.6 Å². The molecule has 0 saturated carbocycles. The molecule has 6 heteroatoms. The minimum absolute atomic E-state index is 0.00932. The third kappa shape index (κ3) is 5.27. The standard InChI is InChI=1S/C16H24N2O4/c1-14-6-8-17(9-7-14)10-11-21-12-13-22-16-5-3-2-4-15(16)18(19)20/h2-5,14H,6-13H2,1H3. The molecule has 6 nitrogen and oxygen atoms in total. The van der Waals surface area contributed by atoms with E-state index in [0.717, 1.165) is 25.6 Å². The van der Waals surface area contributed by atoms with Crippen LogP contribution in [0.5, 0.6) is 5.75 Å². The fourth-order valence-corrected chi connectivity index (χ4v) is 2.52. The number of benzene rings is 1. The van der Waals surface area contributed by atoms with Crippen LogP contribution in [0.4, 0.5) is 5.69 Å². The van der Waals surface area contributed by atoms with Crippen molar-refractivity contribution in [1.29, 1.82) is 0 Å². The molecule has 0 N–H and O–H groups in total. The van der Waals surface area contributed by atoms with Gasteiger partial charge in [0.2, 0.25) is 0 Å². The Hall–Kier alpha value is -1.66. The summed E-state index contributed by atoms with van der Waals surface area (Å²) >= 11 is 0. The van der Waals surface area contributed by atoms with Crippen molar-refractivity contribution >= 4 is 5.69 Å². The van der Waals surface area contributed by atoms with Crippen LogP contribution in [0.25, 0.3) is 0 Å². The van der Waals surface area contributed by atoms with Gasteiger partial charge >= 0.3 is 5.69 Å². The first-order valence-electron chi connectivity index (χ1n) is 7.83. The molecule has 0 atom stereocenters. The van der Waals surface area contributed by atoms with Crippen molar-refractivity contribution in [3.05, 3.63) is 34.4 Å². The Bertz CT molecular complexity index is 473. The second kappa shape index (κ2) is 8.70. The van der Waals surface area contributed by atoms with E-state index in [1.54, 1.807) is 18.2 Å². The minimum atomic E-state index is -0.437. The maximum absolute atomic E-state index is 10.8. The fraction of sp³-hybridized carbons (Fsp3) is 0.625. The Morgan fingerprint density at radius 2 is 1.95 bits per heavy atom. The molecular weight excluding hydrogens is 284 g/mol. The van der Waals surface area contributed by atoms with Crippen molar-refractivity contribution in [3.8, 4) is 5.75 Å². The Balaban J connectivity index is 1.59. The predicted molar refractivity (Wildman–Crippen MR) is 84.2 cm³/mol. The summed E-state index contributed by atoms with van der Waals surface area (Å²) in [6.45, 7) is 6.98. The van der Waals surface area contributed by atoms with Crippen LogP contribution in [0, 0.1) is 16.0 Å². The molecule has 1 aliphatic rings. The summed E-state index contributed by atoms with van der Waals surface area (Å²) in [7, 11) is 0. The maximum Gasteiger partial charge on any atom is 0.310 e. The van der Waals surface area contributed by atoms with Crippen molar-refractivity contribution in [3.63, 3.8) is 0 Å². The molecular formula is C16H24N2O4. The highest BCUT2D eigenvalue weighted by atomic mass is 16.6. The van der Waals surface area contributed by atoms with Crippen LogP contribution in [-0.4, -0.2) is 49.3 Å². The molecule has 0 spiro atoms. The Kier molecular flexibility index (Phi) is 6.61. The number of nitro groups is 1. The van der Waals surface area contributed by atoms with Crippen LogP contribution in [0.3, 0.4) is 0 Å². The summed E-state index contributed by atoms with van der Waals surface area (Å²) in [5.41, 5.74) is -0.00932. The van der Waals surface area contributed by atoms with Crippen LogP contribution in [-0.2, 0) is 4.74 Å². The number of nitro benzene ring substituents is 1. The molecule has 1 saturated heterocycles. The molecule has 0 radical (unpaired) electrons. The van der Waals surface area contributed by atoms with Crippen molar-refractivity contribution < 1.29 is 14.4 Å². The van der Waals surface area contributed by atoms with Gasteiger partial charge in [-0.3, -0.25) is 10.1 Å². The molecule has 0 amide bonds. The van der Waals surface area contributed by atoms with Crippen LogP contribution in [0.1, 0.15) is 19.8 Å². The molecule has 1 aromatic rings. The van der Waals surface area contributed by atoms with Crippen molar-refractivity contribution in [1.82, 2.24) is 4.90 Å². The predicted octanol–water partition coefficient (Wildman–Crippen LogP) is 2.72. The zero-order valence-electron chi connectivity index (χ0n) is 13.1. The van der Waals surface area contributed by atoms with Crippen LogP contribution in [0.15, 0.2) is 24.3 Å². The lowest BCUT2D eigenvalue weighted by molar-refractivity contribution is -0.385. The summed E-state index contributed by atoms with van der Waals surface area (Å²) in [5, 5.41) is 10.8. The molecule has 22 heavy (non-hydrogen) atoms. The molecule has 1 aromatic carbocycles. The first kappa shape index (κ1) is 16.7. The molecule has 0 unspecified atom stereocenters. The van der Waals surface area contributed by atoms with Gasteiger partial charge in [-0.2, -0.15) is 0 Å². The minimum Gasteiger partial charge on any atom is -0.484 e. The number of hydrogen-bond acceptors (Lipinski definition) is 5. The van der Waals surface area contributed by atoms with Gasteiger partial charge in [0.25, 0.3) is 0 Å². The summed E-state index contributed by atoms with van der Waals surface area (Å²) in [6.07, 6.45) is 2.53. The van der Waals surface area contributed by atoms with Crippen molar-refractivity contribution in [2.45, 2.75) is 19.8 Å². The van der Waals surface area contributed by atoms with Gasteiger partial charge in [-0.15, -0.1) is 0 Å². The Morgan fingerprint density at radius 1 is 1.23 bits per heavy atom. The molecule has 0 aromatic heterocycles. The van der Waals surface area contributed by atoms with Gasteiger partial charge in [-0.1, -0.05) is 19.1 Å². The van der Waals surface area contributed by atoms with Gasteiger partial charge < -0.3 is 14.4 Å². The number of ether oxygens (including phenoxy) is 2. The number of nitrogens with zero attached hydrogens (tertiary/aromatic N) is 2. The third-order valence-electron chi connectivity index (χ3n) is 3.98. The van der Waals surface area contributed by atoms with E-state index in [1.807, 2.05) is 0 Å². The first-order valence-corrected chi connectivity index (χ1v) is 7.83. The van der Waals surface area contributed by atoms with E-state index in [4.69, 9.17) is 9.47 Å². The van der Waals surface area contributed by atoms with Gasteiger partial charge in [0.05, 0.1) is 18.1 Å². The van der Waals surface area contributed by atoms with Gasteiger partial charge in [-0.05, 0) is 37.9 Å². The maximum atomic E-state index is 10.8. The lowest BCUT2D eigenvalue weighted by Gasteiger charge is -2.29. The molecule has 0 aliphatic carbocycles. The van der Waals surface area contributed by atoms with E-state index in [9.17, 15) is 10.1 Å². The summed E-state index contributed by atoms with van der Waals surface area (Å²) in [4.78, 5) is 12.8. The van der Waals surface area contributed by atoms with Crippen LogP contribution in [0.2, 0.25) is 0 Å². The molecule has 2 rings (SSSR count). The van der Waals surface area contributed by atoms with Gasteiger partial charge in [0.15, 0.2) is 5.75 Å². The van der Waals surface area contributed by atoms with Gasteiger partial charge in [0.1, 0.15) is 6.61 Å². The van der Waals surface area contributed by atoms with E-state index < -0.39 is 4.92 Å². The second-order valence-electron chi connectivity index (χ2n) is 5.71. The number of para-hydroxylation sites is 2. The number of likely N-dealkylation sites (tertiary alicyclic amines) is 1. The van der Waals surface area contributed by atoms with Crippen molar-refractivity contribution in [2.24, 2.45) is 5.92 Å². The zero-order valence-corrected chi connectivity index (χ0v) is 13.1. The van der Waals surface area contributed by atoms with Crippen LogP contribution < -0.4 is 4.74 Å². The fourth-order valence-electron chi connectivity index (χ4n) is 2.52. The largest absolute Gasteiger partial charge is 0.484 e. The molecule has 122 valence electrons. The van der Waals surface area contributed by atoms with E-state index in [0.29, 0.717) is 25.6 Å². The highest BCUT2D eigenvalue weighted by Crippen LogP contribution is 2.25. The first-order chi connectivity index (χ1) is 10.7. The van der Waals surface area contributed by atoms with Crippen LogP contribution >= 0.6 is 0 Å². The van der Waals surface area contributed by atoms with E-state index in [2.05, 4.69) is 11.8 Å². The number of rotatable bonds is 8. The highest BCUT2D eigenvalue weighted by Gasteiger charge is 2.15. The Labute approximate surface area is 131 Å². The molecule has 1 aliphatic heterocycles. The lowest BCUT2D eigenvalue weighted by atomic mass is 9.99. The highest BCUT2D eigenvalue weighted by molar-refractivity contribution is 5.45. The number of hydrogen-bond donors (Lipinski definition) is 0. The average molecular weight is 308 g/mol. The molecule has 0 bridgehead atoms. The topological polar surface area (TPSA) is 64.8 Å². The summed E-state index contributed by atoms with van der Waals surface area (Å²) in [5.74, 6) is 1.13. The SMILES string of the molecule is CC1CCN(CCOCCOc2ccccc2[N+](=O)[O-])CC1. The molecule has 1 heterocycles. The Morgan fingerprint density at radius 3 is 2.68 bits per heavy atom. The zero-order chi connectivity index (χ0) is 15.8. The van der Waals surface area contributed by atoms with Crippen molar-refractivity contribution in [2.75, 3.05) is 39.5 Å². The summed E-state index contributed by atoms with van der Waals surface area (Å²) in [6, 6.07) is 6.39. The smallest absolute Gasteiger partial charge is 0.310 e. The normalized spacial score (nSPS) is 16.6. The van der Waals surface area contributed by atoms with E-state index >= 15 is 0 Å². The molecule has 1 fully saturated rings. The second-order valence-corrected chi connectivity index (χ2v) is 5.71. The van der Waals surface area contributed by atoms with E-state index in [-0.39, 0.29) is 5.69 Å². The number of piperidine rings is 1. The van der Waals surface area contributed by atoms with E-state index in [1.165, 1.54) is 18.9 Å².